The minimum atomic E-state index is -0.545. The molecule has 0 spiro atoms. The standard InChI is InChI=1S/C15H18N2O2/c1-3-4-7-10-19-12(2)15(18)17-14-9-6-5-8-13(14)11-16/h3,5-6,8-9,12H,1,4,7,10H2,2H3,(H,17,18). The number of nitrogens with one attached hydrogen (secondary N) is 1. The Bertz CT molecular complexity index is 477. The molecule has 4 heteroatoms. The van der Waals surface area contributed by atoms with Crippen molar-refractivity contribution in [3.63, 3.8) is 0 Å². The Labute approximate surface area is 113 Å². The Morgan fingerprint density at radius 1 is 1.58 bits per heavy atom. The number of benzene rings is 1. The predicted molar refractivity (Wildman–Crippen MR) is 74.6 cm³/mol. The number of para-hydroxylation sites is 1. The Balaban J connectivity index is 2.50. The molecule has 1 aromatic rings. The second-order valence-electron chi connectivity index (χ2n) is 4.09. The van der Waals surface area contributed by atoms with Crippen molar-refractivity contribution in [2.45, 2.75) is 25.9 Å². The average molecular weight is 258 g/mol. The average Bonchev–Trinajstić information content (AvgIpc) is 2.44. The lowest BCUT2D eigenvalue weighted by molar-refractivity contribution is -0.126. The molecular formula is C15H18N2O2. The molecule has 0 aliphatic rings. The van der Waals surface area contributed by atoms with Crippen LogP contribution in [0.2, 0.25) is 0 Å². The van der Waals surface area contributed by atoms with Gasteiger partial charge in [0, 0.05) is 6.61 Å². The first-order valence-electron chi connectivity index (χ1n) is 6.21. The molecule has 0 radical (unpaired) electrons. The highest BCUT2D eigenvalue weighted by atomic mass is 16.5. The van der Waals surface area contributed by atoms with Crippen molar-refractivity contribution in [1.82, 2.24) is 0 Å². The van der Waals surface area contributed by atoms with Crippen molar-refractivity contribution in [1.29, 1.82) is 5.26 Å². The molecule has 19 heavy (non-hydrogen) atoms. The number of nitriles is 1. The molecule has 0 aliphatic heterocycles. The van der Waals surface area contributed by atoms with Crippen molar-refractivity contribution >= 4 is 11.6 Å². The van der Waals surface area contributed by atoms with Gasteiger partial charge >= 0.3 is 0 Å². The molecule has 1 rings (SSSR count). The van der Waals surface area contributed by atoms with Crippen molar-refractivity contribution in [3.8, 4) is 6.07 Å². The Morgan fingerprint density at radius 3 is 3.00 bits per heavy atom. The van der Waals surface area contributed by atoms with Crippen LogP contribution in [0.25, 0.3) is 0 Å². The fourth-order valence-electron chi connectivity index (χ4n) is 1.49. The van der Waals surface area contributed by atoms with Crippen LogP contribution in [-0.4, -0.2) is 18.6 Å². The Kier molecular flexibility index (Phi) is 6.34. The van der Waals surface area contributed by atoms with E-state index in [0.29, 0.717) is 17.9 Å². The predicted octanol–water partition coefficient (Wildman–Crippen LogP) is 2.87. The number of allylic oxidation sites excluding steroid dienone is 1. The largest absolute Gasteiger partial charge is 0.369 e. The van der Waals surface area contributed by atoms with Gasteiger partial charge in [-0.2, -0.15) is 5.26 Å². The zero-order chi connectivity index (χ0) is 14.1. The van der Waals surface area contributed by atoms with Crippen LogP contribution in [0, 0.1) is 11.3 Å². The van der Waals surface area contributed by atoms with Gasteiger partial charge in [0.15, 0.2) is 0 Å². The number of nitrogens with zero attached hydrogens (tertiary/aromatic N) is 1. The van der Waals surface area contributed by atoms with E-state index in [9.17, 15) is 4.79 Å². The van der Waals surface area contributed by atoms with Crippen LogP contribution in [-0.2, 0) is 9.53 Å². The zero-order valence-electron chi connectivity index (χ0n) is 11.1. The summed E-state index contributed by atoms with van der Waals surface area (Å²) in [7, 11) is 0. The van der Waals surface area contributed by atoms with Crippen molar-refractivity contribution in [2.75, 3.05) is 11.9 Å². The first-order chi connectivity index (χ1) is 9.19. The topological polar surface area (TPSA) is 62.1 Å². The van der Waals surface area contributed by atoms with Gasteiger partial charge < -0.3 is 10.1 Å². The third-order valence-corrected chi connectivity index (χ3v) is 2.60. The van der Waals surface area contributed by atoms with Crippen molar-refractivity contribution in [3.05, 3.63) is 42.5 Å². The number of carbonyl (C=O) groups excluding carboxylic acids is 1. The van der Waals surface area contributed by atoms with E-state index in [2.05, 4.69) is 11.9 Å². The number of anilines is 1. The van der Waals surface area contributed by atoms with E-state index in [1.165, 1.54) is 0 Å². The van der Waals surface area contributed by atoms with Gasteiger partial charge in [0.1, 0.15) is 12.2 Å². The summed E-state index contributed by atoms with van der Waals surface area (Å²) < 4.78 is 5.41. The number of ether oxygens (including phenoxy) is 1. The van der Waals surface area contributed by atoms with Gasteiger partial charge in [-0.3, -0.25) is 4.79 Å². The van der Waals surface area contributed by atoms with Gasteiger partial charge in [-0.15, -0.1) is 6.58 Å². The summed E-state index contributed by atoms with van der Waals surface area (Å²) in [6.07, 6.45) is 2.98. The van der Waals surface area contributed by atoms with E-state index >= 15 is 0 Å². The van der Waals surface area contributed by atoms with E-state index in [1.807, 2.05) is 12.1 Å². The highest BCUT2D eigenvalue weighted by Gasteiger charge is 2.14. The molecule has 1 aromatic carbocycles. The summed E-state index contributed by atoms with van der Waals surface area (Å²) in [6, 6.07) is 8.91. The maximum absolute atomic E-state index is 11.9. The lowest BCUT2D eigenvalue weighted by atomic mass is 10.2. The van der Waals surface area contributed by atoms with Crippen LogP contribution >= 0.6 is 0 Å². The van der Waals surface area contributed by atoms with Gasteiger partial charge in [-0.05, 0) is 31.9 Å². The minimum Gasteiger partial charge on any atom is -0.369 e. The number of rotatable bonds is 7. The van der Waals surface area contributed by atoms with E-state index in [4.69, 9.17) is 10.00 Å². The number of hydrogen-bond donors (Lipinski definition) is 1. The molecule has 4 nitrogen and oxygen atoms in total. The van der Waals surface area contributed by atoms with Crippen LogP contribution in [0.1, 0.15) is 25.3 Å². The van der Waals surface area contributed by atoms with Crippen LogP contribution in [0.3, 0.4) is 0 Å². The summed E-state index contributed by atoms with van der Waals surface area (Å²) in [6.45, 7) is 5.83. The molecular weight excluding hydrogens is 240 g/mol. The van der Waals surface area contributed by atoms with E-state index < -0.39 is 6.10 Å². The molecule has 100 valence electrons. The quantitative estimate of drug-likeness (QED) is 0.604. The summed E-state index contributed by atoms with van der Waals surface area (Å²) >= 11 is 0. The summed E-state index contributed by atoms with van der Waals surface area (Å²) in [4.78, 5) is 11.9. The second-order valence-corrected chi connectivity index (χ2v) is 4.09. The highest BCUT2D eigenvalue weighted by Crippen LogP contribution is 2.14. The molecule has 0 saturated carbocycles. The minimum absolute atomic E-state index is 0.249. The first-order valence-corrected chi connectivity index (χ1v) is 6.21. The summed E-state index contributed by atoms with van der Waals surface area (Å²) in [5, 5.41) is 11.6. The van der Waals surface area contributed by atoms with Crippen molar-refractivity contribution in [2.24, 2.45) is 0 Å². The monoisotopic (exact) mass is 258 g/mol. The first kappa shape index (κ1) is 14.9. The van der Waals surface area contributed by atoms with E-state index in [0.717, 1.165) is 12.8 Å². The van der Waals surface area contributed by atoms with Gasteiger partial charge in [-0.1, -0.05) is 18.2 Å². The Morgan fingerprint density at radius 2 is 2.32 bits per heavy atom. The molecule has 0 saturated heterocycles. The van der Waals surface area contributed by atoms with E-state index in [-0.39, 0.29) is 5.91 Å². The highest BCUT2D eigenvalue weighted by molar-refractivity contribution is 5.95. The molecule has 1 amide bonds. The van der Waals surface area contributed by atoms with Gasteiger partial charge in [-0.25, -0.2) is 0 Å². The number of amides is 1. The molecule has 1 unspecified atom stereocenters. The normalized spacial score (nSPS) is 11.4. The summed E-state index contributed by atoms with van der Waals surface area (Å²) in [5.41, 5.74) is 0.950. The zero-order valence-corrected chi connectivity index (χ0v) is 11.1. The number of carbonyl (C=O) groups is 1. The number of unbranched alkanes of at least 4 members (excludes halogenated alkanes) is 1. The smallest absolute Gasteiger partial charge is 0.253 e. The van der Waals surface area contributed by atoms with Gasteiger partial charge in [0.25, 0.3) is 5.91 Å². The lowest BCUT2D eigenvalue weighted by Gasteiger charge is -2.13. The molecule has 0 aromatic heterocycles. The number of hydrogen-bond acceptors (Lipinski definition) is 3. The molecule has 0 fully saturated rings. The fourth-order valence-corrected chi connectivity index (χ4v) is 1.49. The molecule has 0 heterocycles. The third-order valence-electron chi connectivity index (χ3n) is 2.60. The second kappa shape index (κ2) is 8.06. The summed E-state index contributed by atoms with van der Waals surface area (Å²) in [5.74, 6) is -0.249. The maximum atomic E-state index is 11.9. The third kappa shape index (κ3) is 4.94. The lowest BCUT2D eigenvalue weighted by Crippen LogP contribution is -2.28. The SMILES string of the molecule is C=CCCCOC(C)C(=O)Nc1ccccc1C#N. The van der Waals surface area contributed by atoms with Crippen LogP contribution in [0.5, 0.6) is 0 Å². The van der Waals surface area contributed by atoms with Crippen molar-refractivity contribution < 1.29 is 9.53 Å². The van der Waals surface area contributed by atoms with Crippen LogP contribution < -0.4 is 5.32 Å². The van der Waals surface area contributed by atoms with Crippen LogP contribution in [0.4, 0.5) is 5.69 Å². The van der Waals surface area contributed by atoms with Crippen LogP contribution in [0.15, 0.2) is 36.9 Å². The molecule has 1 N–H and O–H groups in total. The fraction of sp³-hybridized carbons (Fsp3) is 0.333. The maximum Gasteiger partial charge on any atom is 0.253 e. The van der Waals surface area contributed by atoms with Gasteiger partial charge in [0.05, 0.1) is 11.3 Å². The molecule has 0 aliphatic carbocycles. The van der Waals surface area contributed by atoms with E-state index in [1.54, 1.807) is 31.2 Å². The molecule has 1 atom stereocenters. The van der Waals surface area contributed by atoms with Gasteiger partial charge in [0.2, 0.25) is 0 Å². The molecule has 0 bridgehead atoms. The Hall–Kier alpha value is -2.12.